The molecule has 0 aliphatic carbocycles. The minimum atomic E-state index is -1.20. The normalized spacial score (nSPS) is 16.1. The number of nitrogens with two attached hydrogens (primary N) is 1. The summed E-state index contributed by atoms with van der Waals surface area (Å²) in [5.41, 5.74) is 6.00. The van der Waals surface area contributed by atoms with Crippen LogP contribution in [0.1, 0.15) is 53.0 Å². The lowest BCUT2D eigenvalue weighted by atomic mass is 9.99. The largest absolute Gasteiger partial charge is 0.370 e. The summed E-state index contributed by atoms with van der Waals surface area (Å²) in [6, 6.07) is 13.5. The third kappa shape index (κ3) is 7.37. The van der Waals surface area contributed by atoms with E-state index in [1.54, 1.807) is 57.2 Å². The lowest BCUT2D eigenvalue weighted by Crippen LogP contribution is -2.53. The van der Waals surface area contributed by atoms with Crippen molar-refractivity contribution >= 4 is 41.2 Å². The summed E-state index contributed by atoms with van der Waals surface area (Å²) >= 11 is 0. The third-order valence-corrected chi connectivity index (χ3v) is 6.64. The lowest BCUT2D eigenvalue weighted by Gasteiger charge is -2.28. The van der Waals surface area contributed by atoms with Gasteiger partial charge in [0.2, 0.25) is 11.8 Å². The quantitative estimate of drug-likeness (QED) is 0.314. The number of urea groups is 2. The monoisotopic (exact) mass is 550 g/mol. The van der Waals surface area contributed by atoms with Crippen molar-refractivity contribution in [3.05, 3.63) is 60.2 Å². The maximum atomic E-state index is 13.6. The fraction of sp³-hybridized carbons (Fsp3) is 0.414. The predicted octanol–water partition coefficient (Wildman–Crippen LogP) is 3.67. The fourth-order valence-electron chi connectivity index (χ4n) is 4.57. The van der Waals surface area contributed by atoms with Crippen LogP contribution in [0.15, 0.2) is 54.6 Å². The molecule has 1 fully saturated rings. The molecule has 5 N–H and O–H groups in total. The molecule has 214 valence electrons. The topological polar surface area (TPSA) is 154 Å². The number of para-hydroxylation sites is 1. The van der Waals surface area contributed by atoms with Crippen LogP contribution in [-0.2, 0) is 20.9 Å². The number of carbonyl (C=O) groups is 5. The molecule has 3 rings (SSSR count). The molecule has 11 heteroatoms. The Morgan fingerprint density at radius 2 is 1.48 bits per heavy atom. The van der Waals surface area contributed by atoms with E-state index in [1.807, 2.05) is 32.0 Å². The van der Waals surface area contributed by atoms with Crippen LogP contribution in [0.25, 0.3) is 0 Å². The van der Waals surface area contributed by atoms with Gasteiger partial charge in [-0.25, -0.2) is 14.5 Å². The van der Waals surface area contributed by atoms with Gasteiger partial charge in [-0.15, -0.1) is 0 Å². The molecule has 7 amide bonds. The Bertz CT molecular complexity index is 1250. The second-order valence-corrected chi connectivity index (χ2v) is 11.0. The molecular formula is C29H38N6O5. The van der Waals surface area contributed by atoms with Crippen LogP contribution in [0.5, 0.6) is 0 Å². The van der Waals surface area contributed by atoms with Gasteiger partial charge in [-0.3, -0.25) is 14.4 Å². The molecule has 0 bridgehead atoms. The molecule has 2 aromatic rings. The lowest BCUT2D eigenvalue weighted by molar-refractivity contribution is -0.139. The van der Waals surface area contributed by atoms with Gasteiger partial charge in [0.1, 0.15) is 11.6 Å². The van der Waals surface area contributed by atoms with E-state index in [0.29, 0.717) is 11.4 Å². The number of hydrogen-bond acceptors (Lipinski definition) is 5. The van der Waals surface area contributed by atoms with E-state index >= 15 is 0 Å². The summed E-state index contributed by atoms with van der Waals surface area (Å²) in [6.07, 6.45) is 0.209. The van der Waals surface area contributed by atoms with Crippen LogP contribution in [0.4, 0.5) is 21.0 Å². The highest BCUT2D eigenvalue weighted by Gasteiger charge is 2.54. The zero-order chi connectivity index (χ0) is 29.6. The number of nitrogens with zero attached hydrogens (tertiary/aromatic N) is 2. The first-order valence-electron chi connectivity index (χ1n) is 13.3. The molecule has 40 heavy (non-hydrogen) atoms. The van der Waals surface area contributed by atoms with Crippen molar-refractivity contribution in [1.29, 1.82) is 0 Å². The number of carbonyl (C=O) groups excluding carboxylic acids is 5. The molecule has 0 radical (unpaired) electrons. The number of anilines is 2. The summed E-state index contributed by atoms with van der Waals surface area (Å²) < 4.78 is 0. The standard InChI is InChI=1S/C29H38N6O5/c1-18(2)15-23(25(37)31-19(3)16-24(30)36)35-26(38)29(4,5)34(28(35)40)17-20-11-13-22(14-12-20)33-27(39)32-21-9-7-6-8-10-21/h6-14,18-19,23H,15-17H2,1-5H3,(H2,30,36)(H,31,37)(H2,32,33,39). The van der Waals surface area contributed by atoms with Crippen LogP contribution in [0.2, 0.25) is 0 Å². The van der Waals surface area contributed by atoms with Crippen LogP contribution in [0.3, 0.4) is 0 Å². The molecule has 0 spiro atoms. The number of rotatable bonds is 11. The molecule has 2 unspecified atom stereocenters. The van der Waals surface area contributed by atoms with Gasteiger partial charge in [0.15, 0.2) is 0 Å². The Balaban J connectivity index is 1.73. The average molecular weight is 551 g/mol. The fourth-order valence-corrected chi connectivity index (χ4v) is 4.57. The van der Waals surface area contributed by atoms with Gasteiger partial charge < -0.3 is 26.6 Å². The maximum Gasteiger partial charge on any atom is 0.328 e. The predicted molar refractivity (Wildman–Crippen MR) is 152 cm³/mol. The molecule has 0 aromatic heterocycles. The smallest absolute Gasteiger partial charge is 0.328 e. The van der Waals surface area contributed by atoms with Crippen molar-refractivity contribution < 1.29 is 24.0 Å². The number of benzene rings is 2. The second kappa shape index (κ2) is 12.6. The van der Waals surface area contributed by atoms with E-state index in [4.69, 9.17) is 5.73 Å². The minimum Gasteiger partial charge on any atom is -0.370 e. The molecule has 0 saturated carbocycles. The van der Waals surface area contributed by atoms with E-state index in [-0.39, 0.29) is 25.3 Å². The Kier molecular flexibility index (Phi) is 9.51. The number of nitrogens with one attached hydrogen (secondary N) is 3. The Morgan fingerprint density at radius 1 is 0.900 bits per heavy atom. The highest BCUT2D eigenvalue weighted by Crippen LogP contribution is 2.33. The Labute approximate surface area is 234 Å². The molecule has 1 saturated heterocycles. The Hall–Kier alpha value is -4.41. The van der Waals surface area contributed by atoms with Crippen molar-refractivity contribution in [1.82, 2.24) is 15.1 Å². The zero-order valence-corrected chi connectivity index (χ0v) is 23.6. The van der Waals surface area contributed by atoms with E-state index in [0.717, 1.165) is 10.5 Å². The van der Waals surface area contributed by atoms with E-state index in [9.17, 15) is 24.0 Å². The van der Waals surface area contributed by atoms with Crippen molar-refractivity contribution in [2.75, 3.05) is 10.6 Å². The minimum absolute atomic E-state index is 0.0131. The first-order valence-corrected chi connectivity index (χ1v) is 13.3. The number of hydrogen-bond donors (Lipinski definition) is 4. The summed E-state index contributed by atoms with van der Waals surface area (Å²) in [6.45, 7) is 8.86. The van der Waals surface area contributed by atoms with Crippen LogP contribution >= 0.6 is 0 Å². The van der Waals surface area contributed by atoms with Crippen molar-refractivity contribution in [2.45, 2.75) is 71.6 Å². The molecule has 1 aliphatic heterocycles. The molecule has 2 atom stereocenters. The maximum absolute atomic E-state index is 13.6. The van der Waals surface area contributed by atoms with Gasteiger partial charge in [-0.05, 0) is 62.9 Å². The highest BCUT2D eigenvalue weighted by atomic mass is 16.2. The van der Waals surface area contributed by atoms with Crippen LogP contribution in [0, 0.1) is 5.92 Å². The van der Waals surface area contributed by atoms with Crippen LogP contribution < -0.4 is 21.7 Å². The first-order chi connectivity index (χ1) is 18.8. The van der Waals surface area contributed by atoms with Gasteiger partial charge >= 0.3 is 12.1 Å². The van der Waals surface area contributed by atoms with Crippen LogP contribution in [-0.4, -0.2) is 57.2 Å². The van der Waals surface area contributed by atoms with E-state index < -0.39 is 47.4 Å². The summed E-state index contributed by atoms with van der Waals surface area (Å²) in [7, 11) is 0. The summed E-state index contributed by atoms with van der Waals surface area (Å²) in [5, 5.41) is 8.22. The van der Waals surface area contributed by atoms with Gasteiger partial charge in [-0.2, -0.15) is 0 Å². The molecule has 2 aromatic carbocycles. The first kappa shape index (κ1) is 30.1. The average Bonchev–Trinajstić information content (AvgIpc) is 3.02. The SMILES string of the molecule is CC(C)CC(C(=O)NC(C)CC(N)=O)N1C(=O)N(Cc2ccc(NC(=O)Nc3ccccc3)cc2)C(C)(C)C1=O. The number of primary amides is 1. The highest BCUT2D eigenvalue weighted by molar-refractivity contribution is 6.09. The van der Waals surface area contributed by atoms with E-state index in [1.165, 1.54) is 4.90 Å². The zero-order valence-electron chi connectivity index (χ0n) is 23.6. The number of imide groups is 1. The van der Waals surface area contributed by atoms with E-state index in [2.05, 4.69) is 16.0 Å². The van der Waals surface area contributed by atoms with Gasteiger partial charge in [-0.1, -0.05) is 44.2 Å². The van der Waals surface area contributed by atoms with Crippen molar-refractivity contribution in [3.8, 4) is 0 Å². The second-order valence-electron chi connectivity index (χ2n) is 11.0. The molecule has 1 aliphatic rings. The van der Waals surface area contributed by atoms with Crippen molar-refractivity contribution in [3.63, 3.8) is 0 Å². The Morgan fingerprint density at radius 3 is 2.02 bits per heavy atom. The van der Waals surface area contributed by atoms with Gasteiger partial charge in [0.05, 0.1) is 0 Å². The van der Waals surface area contributed by atoms with Crippen molar-refractivity contribution in [2.24, 2.45) is 11.7 Å². The summed E-state index contributed by atoms with van der Waals surface area (Å²) in [4.78, 5) is 66.4. The molecule has 11 nitrogen and oxygen atoms in total. The summed E-state index contributed by atoms with van der Waals surface area (Å²) in [5.74, 6) is -1.53. The third-order valence-electron chi connectivity index (χ3n) is 6.64. The van der Waals surface area contributed by atoms with Gasteiger partial charge in [0.25, 0.3) is 5.91 Å². The molecule has 1 heterocycles. The van der Waals surface area contributed by atoms with Gasteiger partial charge in [0, 0.05) is 30.4 Å². The number of amides is 7. The molecular weight excluding hydrogens is 512 g/mol.